The molecule has 1 atom stereocenters. The molecule has 2 aromatic rings. The van der Waals surface area contributed by atoms with Crippen molar-refractivity contribution in [2.45, 2.75) is 32.8 Å². The molecule has 24 heavy (non-hydrogen) atoms. The first-order chi connectivity index (χ1) is 11.6. The van der Waals surface area contributed by atoms with Crippen molar-refractivity contribution in [2.75, 3.05) is 23.8 Å². The van der Waals surface area contributed by atoms with E-state index in [1.54, 1.807) is 6.20 Å². The van der Waals surface area contributed by atoms with E-state index in [0.717, 1.165) is 36.3 Å². The Bertz CT molecular complexity index is 689. The first-order valence-corrected chi connectivity index (χ1v) is 8.17. The molecule has 0 bridgehead atoms. The van der Waals surface area contributed by atoms with E-state index in [4.69, 9.17) is 4.74 Å². The van der Waals surface area contributed by atoms with Crippen molar-refractivity contribution in [1.29, 1.82) is 0 Å². The van der Waals surface area contributed by atoms with E-state index in [1.165, 1.54) is 6.20 Å². The molecule has 6 nitrogen and oxygen atoms in total. The lowest BCUT2D eigenvalue weighted by atomic mass is 10.1. The fourth-order valence-electron chi connectivity index (χ4n) is 2.80. The highest BCUT2D eigenvalue weighted by molar-refractivity contribution is 6.02. The van der Waals surface area contributed by atoms with E-state index in [-0.39, 0.29) is 17.7 Å². The van der Waals surface area contributed by atoms with Gasteiger partial charge in [0.05, 0.1) is 18.5 Å². The van der Waals surface area contributed by atoms with Crippen LogP contribution < -0.4 is 10.6 Å². The summed E-state index contributed by atoms with van der Waals surface area (Å²) in [6, 6.07) is 5.91. The Hall–Kier alpha value is -2.47. The summed E-state index contributed by atoms with van der Waals surface area (Å²) >= 11 is 0. The van der Waals surface area contributed by atoms with Crippen LogP contribution in [-0.4, -0.2) is 35.1 Å². The molecule has 1 saturated heterocycles. The van der Waals surface area contributed by atoms with Gasteiger partial charge in [0, 0.05) is 18.8 Å². The maximum atomic E-state index is 12.3. The maximum Gasteiger partial charge on any atom is 0.275 e. The number of carbonyl (C=O) groups is 1. The zero-order valence-electron chi connectivity index (χ0n) is 14.0. The first-order valence-electron chi connectivity index (χ1n) is 8.17. The molecule has 0 aliphatic carbocycles. The van der Waals surface area contributed by atoms with E-state index in [9.17, 15) is 4.79 Å². The van der Waals surface area contributed by atoms with Crippen LogP contribution in [0.25, 0.3) is 0 Å². The van der Waals surface area contributed by atoms with Crippen molar-refractivity contribution in [1.82, 2.24) is 9.97 Å². The van der Waals surface area contributed by atoms with E-state index >= 15 is 0 Å². The molecule has 2 N–H and O–H groups in total. The van der Waals surface area contributed by atoms with Gasteiger partial charge < -0.3 is 15.4 Å². The highest BCUT2D eigenvalue weighted by atomic mass is 16.5. The average molecular weight is 326 g/mol. The molecule has 2 heterocycles. The molecule has 0 saturated carbocycles. The molecule has 1 unspecified atom stereocenters. The standard InChI is InChI=1S/C18H22N4O2/c1-12-6-13(2)8-14(7-12)22-18(23)16-10-21-17(11-19-16)20-9-15-4-3-5-24-15/h6-8,10-11,15H,3-5,9H2,1-2H3,(H,20,21)(H,22,23). The van der Waals surface area contributed by atoms with E-state index in [2.05, 4.69) is 26.7 Å². The molecular formula is C18H22N4O2. The van der Waals surface area contributed by atoms with Crippen molar-refractivity contribution >= 4 is 17.4 Å². The summed E-state index contributed by atoms with van der Waals surface area (Å²) in [5, 5.41) is 6.04. The number of anilines is 2. The third-order valence-electron chi connectivity index (χ3n) is 3.90. The van der Waals surface area contributed by atoms with Gasteiger partial charge in [-0.05, 0) is 49.9 Å². The van der Waals surface area contributed by atoms with Crippen molar-refractivity contribution in [3.63, 3.8) is 0 Å². The summed E-state index contributed by atoms with van der Waals surface area (Å²) < 4.78 is 5.55. The molecule has 1 aliphatic heterocycles. The summed E-state index contributed by atoms with van der Waals surface area (Å²) in [6.07, 6.45) is 5.47. The predicted octanol–water partition coefficient (Wildman–Crippen LogP) is 2.94. The number of aryl methyl sites for hydroxylation is 2. The highest BCUT2D eigenvalue weighted by Gasteiger charge is 2.15. The molecule has 1 amide bonds. The Morgan fingerprint density at radius 3 is 2.62 bits per heavy atom. The van der Waals surface area contributed by atoms with Crippen molar-refractivity contribution < 1.29 is 9.53 Å². The summed E-state index contributed by atoms with van der Waals surface area (Å²) in [6.45, 7) is 5.53. The average Bonchev–Trinajstić information content (AvgIpc) is 3.06. The Balaban J connectivity index is 1.58. The molecule has 6 heteroatoms. The SMILES string of the molecule is Cc1cc(C)cc(NC(=O)c2cnc(NCC3CCCO3)cn2)c1. The van der Waals surface area contributed by atoms with Gasteiger partial charge in [-0.1, -0.05) is 6.07 Å². The van der Waals surface area contributed by atoms with Crippen molar-refractivity contribution in [3.05, 3.63) is 47.4 Å². The number of ether oxygens (including phenoxy) is 1. The van der Waals surface area contributed by atoms with Gasteiger partial charge in [0.25, 0.3) is 5.91 Å². The van der Waals surface area contributed by atoms with Crippen LogP contribution in [0.3, 0.4) is 0 Å². The third kappa shape index (κ3) is 4.29. The van der Waals surface area contributed by atoms with Gasteiger partial charge in [0.2, 0.25) is 0 Å². The molecule has 1 aliphatic rings. The van der Waals surface area contributed by atoms with Crippen LogP contribution in [0.1, 0.15) is 34.5 Å². The number of nitrogens with one attached hydrogen (secondary N) is 2. The van der Waals surface area contributed by atoms with E-state index in [1.807, 2.05) is 26.0 Å². The minimum absolute atomic E-state index is 0.235. The van der Waals surface area contributed by atoms with Crippen LogP contribution in [0.2, 0.25) is 0 Å². The second-order valence-electron chi connectivity index (χ2n) is 6.13. The summed E-state index contributed by atoms with van der Waals surface area (Å²) in [4.78, 5) is 20.7. The van der Waals surface area contributed by atoms with Gasteiger partial charge in [-0.25, -0.2) is 9.97 Å². The molecular weight excluding hydrogens is 304 g/mol. The van der Waals surface area contributed by atoms with E-state index < -0.39 is 0 Å². The second-order valence-corrected chi connectivity index (χ2v) is 6.13. The van der Waals surface area contributed by atoms with Crippen LogP contribution in [0.5, 0.6) is 0 Å². The largest absolute Gasteiger partial charge is 0.376 e. The smallest absolute Gasteiger partial charge is 0.275 e. The number of amides is 1. The lowest BCUT2D eigenvalue weighted by Gasteiger charge is -2.11. The quantitative estimate of drug-likeness (QED) is 0.883. The Morgan fingerprint density at radius 1 is 1.21 bits per heavy atom. The summed E-state index contributed by atoms with van der Waals surface area (Å²) in [5.74, 6) is 0.381. The number of nitrogens with zero attached hydrogens (tertiary/aromatic N) is 2. The van der Waals surface area contributed by atoms with Crippen LogP contribution >= 0.6 is 0 Å². The van der Waals surface area contributed by atoms with Gasteiger partial charge in [-0.3, -0.25) is 4.79 Å². The Morgan fingerprint density at radius 2 is 2.00 bits per heavy atom. The number of aromatic nitrogens is 2. The molecule has 1 fully saturated rings. The zero-order valence-corrected chi connectivity index (χ0v) is 14.0. The van der Waals surface area contributed by atoms with Gasteiger partial charge in [-0.15, -0.1) is 0 Å². The summed E-state index contributed by atoms with van der Waals surface area (Å²) in [7, 11) is 0. The van der Waals surface area contributed by atoms with Gasteiger partial charge >= 0.3 is 0 Å². The minimum Gasteiger partial charge on any atom is -0.376 e. The number of hydrogen-bond acceptors (Lipinski definition) is 5. The van der Waals surface area contributed by atoms with Crippen LogP contribution in [0.15, 0.2) is 30.6 Å². The topological polar surface area (TPSA) is 76.1 Å². The number of hydrogen-bond donors (Lipinski definition) is 2. The summed E-state index contributed by atoms with van der Waals surface area (Å²) in [5.41, 5.74) is 3.26. The third-order valence-corrected chi connectivity index (χ3v) is 3.90. The minimum atomic E-state index is -0.266. The number of benzene rings is 1. The zero-order chi connectivity index (χ0) is 16.9. The molecule has 0 radical (unpaired) electrons. The highest BCUT2D eigenvalue weighted by Crippen LogP contribution is 2.15. The molecule has 1 aromatic carbocycles. The molecule has 3 rings (SSSR count). The number of rotatable bonds is 5. The molecule has 126 valence electrons. The normalized spacial score (nSPS) is 16.8. The van der Waals surface area contributed by atoms with Crippen LogP contribution in [0.4, 0.5) is 11.5 Å². The van der Waals surface area contributed by atoms with Gasteiger partial charge in [0.15, 0.2) is 0 Å². The van der Waals surface area contributed by atoms with Gasteiger partial charge in [-0.2, -0.15) is 0 Å². The second kappa shape index (κ2) is 7.40. The maximum absolute atomic E-state index is 12.3. The number of carbonyl (C=O) groups excluding carboxylic acids is 1. The lowest BCUT2D eigenvalue weighted by Crippen LogP contribution is -2.19. The fourth-order valence-corrected chi connectivity index (χ4v) is 2.80. The predicted molar refractivity (Wildman–Crippen MR) is 93.4 cm³/mol. The van der Waals surface area contributed by atoms with Crippen LogP contribution in [-0.2, 0) is 4.74 Å². The van der Waals surface area contributed by atoms with E-state index in [0.29, 0.717) is 12.4 Å². The fraction of sp³-hybridized carbons (Fsp3) is 0.389. The Kier molecular flexibility index (Phi) is 5.05. The molecule has 1 aromatic heterocycles. The molecule has 0 spiro atoms. The first kappa shape index (κ1) is 16.4. The monoisotopic (exact) mass is 326 g/mol. The van der Waals surface area contributed by atoms with Crippen LogP contribution in [0, 0.1) is 13.8 Å². The van der Waals surface area contributed by atoms with Gasteiger partial charge in [0.1, 0.15) is 11.5 Å². The lowest BCUT2D eigenvalue weighted by molar-refractivity contribution is 0.102. The van der Waals surface area contributed by atoms with Crippen molar-refractivity contribution in [2.24, 2.45) is 0 Å². The van der Waals surface area contributed by atoms with Crippen molar-refractivity contribution in [3.8, 4) is 0 Å². The Labute approximate surface area is 141 Å².